The first-order chi connectivity index (χ1) is 9.13. The molecule has 0 aromatic heterocycles. The second kappa shape index (κ2) is 6.21. The maximum absolute atomic E-state index is 9.54. The van der Waals surface area contributed by atoms with Crippen molar-refractivity contribution in [1.82, 2.24) is 4.90 Å². The van der Waals surface area contributed by atoms with E-state index >= 15 is 0 Å². The zero-order valence-corrected chi connectivity index (χ0v) is 12.3. The Morgan fingerprint density at radius 1 is 1.11 bits per heavy atom. The molecule has 0 bridgehead atoms. The largest absolute Gasteiger partial charge is 0.288 e. The molecule has 1 aromatic rings. The minimum absolute atomic E-state index is 0.0161. The standard InChI is InChI=1S/C17H24N2/c1-13-7-8-16(11-14(13)2)15(3)17(12-18)19-9-5-4-6-10-19/h7-8,11,15,17H,4-6,9-10H2,1-3H3. The Morgan fingerprint density at radius 3 is 2.37 bits per heavy atom. The molecule has 1 aliphatic heterocycles. The number of hydrogen-bond acceptors (Lipinski definition) is 2. The Balaban J connectivity index is 2.17. The summed E-state index contributed by atoms with van der Waals surface area (Å²) in [7, 11) is 0. The lowest BCUT2D eigenvalue weighted by molar-refractivity contribution is 0.179. The third-order valence-corrected chi connectivity index (χ3v) is 4.45. The zero-order chi connectivity index (χ0) is 13.8. The second-order valence-electron chi connectivity index (χ2n) is 5.80. The van der Waals surface area contributed by atoms with Crippen LogP contribution in [-0.4, -0.2) is 24.0 Å². The summed E-state index contributed by atoms with van der Waals surface area (Å²) in [4.78, 5) is 2.36. The minimum atomic E-state index is 0.0161. The maximum Gasteiger partial charge on any atom is 0.104 e. The molecule has 2 rings (SSSR count). The lowest BCUT2D eigenvalue weighted by Crippen LogP contribution is -2.41. The highest BCUT2D eigenvalue weighted by atomic mass is 15.2. The van der Waals surface area contributed by atoms with Crippen LogP contribution in [-0.2, 0) is 0 Å². The van der Waals surface area contributed by atoms with E-state index in [1.54, 1.807) is 0 Å². The van der Waals surface area contributed by atoms with Crippen molar-refractivity contribution >= 4 is 0 Å². The maximum atomic E-state index is 9.54. The third-order valence-electron chi connectivity index (χ3n) is 4.45. The van der Waals surface area contributed by atoms with Gasteiger partial charge in [0.15, 0.2) is 0 Å². The second-order valence-corrected chi connectivity index (χ2v) is 5.80. The molecule has 0 N–H and O–H groups in total. The van der Waals surface area contributed by atoms with Gasteiger partial charge in [-0.1, -0.05) is 31.5 Å². The van der Waals surface area contributed by atoms with Crippen molar-refractivity contribution in [3.8, 4) is 6.07 Å². The molecule has 2 nitrogen and oxygen atoms in total. The van der Waals surface area contributed by atoms with Crippen LogP contribution in [0.15, 0.2) is 18.2 Å². The average Bonchev–Trinajstić information content (AvgIpc) is 2.44. The van der Waals surface area contributed by atoms with Crippen molar-refractivity contribution in [3.05, 3.63) is 34.9 Å². The lowest BCUT2D eigenvalue weighted by Gasteiger charge is -2.34. The molecular formula is C17H24N2. The fourth-order valence-corrected chi connectivity index (χ4v) is 2.94. The fraction of sp³-hybridized carbons (Fsp3) is 0.588. The first-order valence-corrected chi connectivity index (χ1v) is 7.34. The molecule has 0 radical (unpaired) electrons. The molecule has 1 fully saturated rings. The molecule has 0 spiro atoms. The molecule has 1 saturated heterocycles. The van der Waals surface area contributed by atoms with Gasteiger partial charge < -0.3 is 0 Å². The van der Waals surface area contributed by atoms with Gasteiger partial charge in [0.25, 0.3) is 0 Å². The van der Waals surface area contributed by atoms with Crippen LogP contribution < -0.4 is 0 Å². The van der Waals surface area contributed by atoms with Crippen molar-refractivity contribution in [1.29, 1.82) is 5.26 Å². The average molecular weight is 256 g/mol. The van der Waals surface area contributed by atoms with Gasteiger partial charge in [-0.25, -0.2) is 0 Å². The highest BCUT2D eigenvalue weighted by molar-refractivity contribution is 5.33. The van der Waals surface area contributed by atoms with Crippen LogP contribution in [0.5, 0.6) is 0 Å². The smallest absolute Gasteiger partial charge is 0.104 e. The summed E-state index contributed by atoms with van der Waals surface area (Å²) in [6, 6.07) is 9.14. The SMILES string of the molecule is Cc1ccc(C(C)C(C#N)N2CCCCC2)cc1C. The summed E-state index contributed by atoms with van der Waals surface area (Å²) in [6.45, 7) is 8.62. The number of aryl methyl sites for hydroxylation is 2. The summed E-state index contributed by atoms with van der Waals surface area (Å²) in [6.07, 6.45) is 3.78. The summed E-state index contributed by atoms with van der Waals surface area (Å²) >= 11 is 0. The quantitative estimate of drug-likeness (QED) is 0.823. The van der Waals surface area contributed by atoms with Crippen LogP contribution in [0.3, 0.4) is 0 Å². The molecule has 0 amide bonds. The van der Waals surface area contributed by atoms with Crippen LogP contribution >= 0.6 is 0 Å². The number of nitrogens with zero attached hydrogens (tertiary/aromatic N) is 2. The van der Waals surface area contributed by atoms with Crippen LogP contribution in [0.4, 0.5) is 0 Å². The van der Waals surface area contributed by atoms with E-state index in [-0.39, 0.29) is 12.0 Å². The van der Waals surface area contributed by atoms with E-state index in [1.165, 1.54) is 36.0 Å². The molecule has 19 heavy (non-hydrogen) atoms. The number of rotatable bonds is 3. The molecule has 102 valence electrons. The van der Waals surface area contributed by atoms with E-state index < -0.39 is 0 Å². The molecule has 1 heterocycles. The van der Waals surface area contributed by atoms with Gasteiger partial charge in [0, 0.05) is 5.92 Å². The van der Waals surface area contributed by atoms with Gasteiger partial charge in [0.1, 0.15) is 6.04 Å². The Morgan fingerprint density at radius 2 is 1.79 bits per heavy atom. The number of piperidine rings is 1. The van der Waals surface area contributed by atoms with Crippen LogP contribution in [0.25, 0.3) is 0 Å². The van der Waals surface area contributed by atoms with Gasteiger partial charge in [-0.2, -0.15) is 5.26 Å². The number of nitriles is 1. The number of likely N-dealkylation sites (tertiary alicyclic amines) is 1. The lowest BCUT2D eigenvalue weighted by atomic mass is 9.90. The topological polar surface area (TPSA) is 27.0 Å². The normalized spacial score (nSPS) is 19.7. The molecule has 1 aliphatic rings. The number of benzene rings is 1. The summed E-state index contributed by atoms with van der Waals surface area (Å²) in [5.41, 5.74) is 3.93. The van der Waals surface area contributed by atoms with Gasteiger partial charge in [-0.05, 0) is 56.5 Å². The van der Waals surface area contributed by atoms with E-state index in [9.17, 15) is 5.26 Å². The summed E-state index contributed by atoms with van der Waals surface area (Å²) in [5, 5.41) is 9.54. The van der Waals surface area contributed by atoms with Gasteiger partial charge in [0.05, 0.1) is 6.07 Å². The molecule has 1 aromatic carbocycles. The van der Waals surface area contributed by atoms with E-state index in [0.29, 0.717) is 0 Å². The van der Waals surface area contributed by atoms with Crippen molar-refractivity contribution < 1.29 is 0 Å². The fourth-order valence-electron chi connectivity index (χ4n) is 2.94. The Bertz CT molecular complexity index is 467. The van der Waals surface area contributed by atoms with Gasteiger partial charge in [0.2, 0.25) is 0 Å². The van der Waals surface area contributed by atoms with Crippen molar-refractivity contribution in [2.24, 2.45) is 0 Å². The zero-order valence-electron chi connectivity index (χ0n) is 12.3. The molecule has 0 saturated carbocycles. The van der Waals surface area contributed by atoms with Crippen molar-refractivity contribution in [3.63, 3.8) is 0 Å². The molecule has 2 unspecified atom stereocenters. The van der Waals surface area contributed by atoms with Gasteiger partial charge in [-0.3, -0.25) is 4.90 Å². The minimum Gasteiger partial charge on any atom is -0.288 e. The van der Waals surface area contributed by atoms with E-state index in [4.69, 9.17) is 0 Å². The van der Waals surface area contributed by atoms with Gasteiger partial charge in [-0.15, -0.1) is 0 Å². The number of hydrogen-bond donors (Lipinski definition) is 0. The van der Waals surface area contributed by atoms with Crippen molar-refractivity contribution in [2.45, 2.75) is 52.0 Å². The van der Waals surface area contributed by atoms with Crippen LogP contribution in [0, 0.1) is 25.2 Å². The highest BCUT2D eigenvalue weighted by Crippen LogP contribution is 2.26. The molecule has 2 atom stereocenters. The summed E-state index contributed by atoms with van der Waals surface area (Å²) < 4.78 is 0. The Labute approximate surface area is 117 Å². The molecule has 2 heteroatoms. The van der Waals surface area contributed by atoms with Gasteiger partial charge >= 0.3 is 0 Å². The van der Waals surface area contributed by atoms with E-state index in [1.807, 2.05) is 0 Å². The summed E-state index contributed by atoms with van der Waals surface area (Å²) in [5.74, 6) is 0.280. The monoisotopic (exact) mass is 256 g/mol. The molecular weight excluding hydrogens is 232 g/mol. The van der Waals surface area contributed by atoms with Crippen LogP contribution in [0.2, 0.25) is 0 Å². The first-order valence-electron chi connectivity index (χ1n) is 7.34. The molecule has 0 aliphatic carbocycles. The van der Waals surface area contributed by atoms with Crippen LogP contribution in [0.1, 0.15) is 48.8 Å². The van der Waals surface area contributed by atoms with E-state index in [2.05, 4.69) is 49.9 Å². The third kappa shape index (κ3) is 3.16. The Hall–Kier alpha value is -1.33. The Kier molecular flexibility index (Phi) is 4.61. The first kappa shape index (κ1) is 14.1. The van der Waals surface area contributed by atoms with Crippen molar-refractivity contribution in [2.75, 3.05) is 13.1 Å². The predicted octanol–water partition coefficient (Wildman–Crippen LogP) is 3.79. The van der Waals surface area contributed by atoms with E-state index in [0.717, 1.165) is 13.1 Å². The highest BCUT2D eigenvalue weighted by Gasteiger charge is 2.26. The predicted molar refractivity (Wildman–Crippen MR) is 79.2 cm³/mol.